The number of para-hydroxylation sites is 2. The minimum Gasteiger partial charge on any atom is -0.504 e. The van der Waals surface area contributed by atoms with Gasteiger partial charge < -0.3 is 10.2 Å². The van der Waals surface area contributed by atoms with Crippen molar-refractivity contribution < 1.29 is 15.1 Å². The van der Waals surface area contributed by atoms with Gasteiger partial charge in [-0.05, 0) is 29.8 Å². The van der Waals surface area contributed by atoms with Gasteiger partial charge in [-0.1, -0.05) is 12.1 Å². The highest BCUT2D eigenvalue weighted by atomic mass is 16.6. The molecule has 2 aromatic carbocycles. The first-order valence-electron chi connectivity index (χ1n) is 5.62. The minimum absolute atomic E-state index is 0.0850. The molecule has 0 amide bonds. The topological polar surface area (TPSA) is 108 Å². The van der Waals surface area contributed by atoms with Gasteiger partial charge >= 0.3 is 0 Å². The van der Waals surface area contributed by atoms with Crippen molar-refractivity contribution in [2.24, 2.45) is 5.10 Å². The highest BCUT2D eigenvalue weighted by molar-refractivity contribution is 5.81. The SMILES string of the molecule is O=[N+]([O-])c1ccccc1N/N=C\c1ccc(O)c(O)c1. The number of nitro groups is 1. The van der Waals surface area contributed by atoms with Crippen molar-refractivity contribution in [3.8, 4) is 11.5 Å². The van der Waals surface area contributed by atoms with Crippen LogP contribution in [0.1, 0.15) is 5.56 Å². The molecule has 7 heteroatoms. The number of hydrazone groups is 1. The lowest BCUT2D eigenvalue weighted by molar-refractivity contribution is -0.384. The van der Waals surface area contributed by atoms with Gasteiger partial charge in [0.05, 0.1) is 11.1 Å². The molecule has 0 aliphatic carbocycles. The van der Waals surface area contributed by atoms with Gasteiger partial charge in [0.2, 0.25) is 0 Å². The molecule has 0 heterocycles. The Morgan fingerprint density at radius 1 is 1.15 bits per heavy atom. The Morgan fingerprint density at radius 2 is 1.90 bits per heavy atom. The molecule has 0 radical (unpaired) electrons. The zero-order valence-electron chi connectivity index (χ0n) is 10.2. The van der Waals surface area contributed by atoms with Crippen molar-refractivity contribution in [1.82, 2.24) is 0 Å². The van der Waals surface area contributed by atoms with Gasteiger partial charge in [0, 0.05) is 6.07 Å². The summed E-state index contributed by atoms with van der Waals surface area (Å²) >= 11 is 0. The van der Waals surface area contributed by atoms with Crippen LogP contribution in [-0.2, 0) is 0 Å². The molecule has 0 atom stereocenters. The number of rotatable bonds is 4. The largest absolute Gasteiger partial charge is 0.504 e. The second kappa shape index (κ2) is 5.70. The van der Waals surface area contributed by atoms with Crippen LogP contribution in [0.5, 0.6) is 11.5 Å². The normalized spacial score (nSPS) is 10.6. The summed E-state index contributed by atoms with van der Waals surface area (Å²) < 4.78 is 0. The van der Waals surface area contributed by atoms with Crippen molar-refractivity contribution in [3.05, 3.63) is 58.1 Å². The number of phenolic OH excluding ortho intramolecular Hbond substituents is 2. The molecular weight excluding hydrogens is 262 g/mol. The Labute approximate surface area is 114 Å². The molecule has 3 N–H and O–H groups in total. The van der Waals surface area contributed by atoms with E-state index in [9.17, 15) is 15.2 Å². The van der Waals surface area contributed by atoms with E-state index >= 15 is 0 Å². The fraction of sp³-hybridized carbons (Fsp3) is 0. The number of nitrogens with one attached hydrogen (secondary N) is 1. The van der Waals surface area contributed by atoms with Crippen LogP contribution in [0.25, 0.3) is 0 Å². The lowest BCUT2D eigenvalue weighted by Gasteiger charge is -2.01. The Bertz CT molecular complexity index is 670. The molecule has 0 spiro atoms. The van der Waals surface area contributed by atoms with E-state index in [1.807, 2.05) is 0 Å². The number of hydrogen-bond donors (Lipinski definition) is 3. The average Bonchev–Trinajstić information content (AvgIpc) is 2.43. The molecule has 2 rings (SSSR count). The predicted molar refractivity (Wildman–Crippen MR) is 74.1 cm³/mol. The molecule has 0 saturated carbocycles. The summed E-state index contributed by atoms with van der Waals surface area (Å²) in [6.07, 6.45) is 1.37. The third-order valence-corrected chi connectivity index (χ3v) is 2.50. The first-order valence-corrected chi connectivity index (χ1v) is 5.62. The third kappa shape index (κ3) is 3.02. The maximum atomic E-state index is 10.8. The molecule has 0 aliphatic heterocycles. The number of anilines is 1. The molecule has 0 aromatic heterocycles. The Morgan fingerprint density at radius 3 is 2.60 bits per heavy atom. The second-order valence-corrected chi connectivity index (χ2v) is 3.89. The molecule has 102 valence electrons. The van der Waals surface area contributed by atoms with Crippen molar-refractivity contribution in [2.45, 2.75) is 0 Å². The molecular formula is C13H11N3O4. The highest BCUT2D eigenvalue weighted by Crippen LogP contribution is 2.25. The minimum atomic E-state index is -0.510. The summed E-state index contributed by atoms with van der Waals surface area (Å²) in [5.41, 5.74) is 3.27. The van der Waals surface area contributed by atoms with Gasteiger partial charge in [-0.3, -0.25) is 15.5 Å². The number of phenols is 2. The highest BCUT2D eigenvalue weighted by Gasteiger charge is 2.10. The van der Waals surface area contributed by atoms with E-state index in [1.54, 1.807) is 18.2 Å². The summed E-state index contributed by atoms with van der Waals surface area (Å²) in [6, 6.07) is 10.3. The average molecular weight is 273 g/mol. The van der Waals surface area contributed by atoms with Crippen molar-refractivity contribution >= 4 is 17.6 Å². The Hall–Kier alpha value is -3.09. The lowest BCUT2D eigenvalue weighted by Crippen LogP contribution is -1.96. The number of nitro benzene ring substituents is 1. The van der Waals surface area contributed by atoms with Crippen molar-refractivity contribution in [1.29, 1.82) is 0 Å². The van der Waals surface area contributed by atoms with E-state index in [2.05, 4.69) is 10.5 Å². The van der Waals surface area contributed by atoms with E-state index < -0.39 is 4.92 Å². The number of nitrogens with zero attached hydrogens (tertiary/aromatic N) is 2. The lowest BCUT2D eigenvalue weighted by atomic mass is 10.2. The number of hydrogen-bond acceptors (Lipinski definition) is 6. The summed E-state index contributed by atoms with van der Waals surface area (Å²) in [7, 11) is 0. The van der Waals surface area contributed by atoms with E-state index in [0.717, 1.165) is 0 Å². The van der Waals surface area contributed by atoms with Gasteiger partial charge in [-0.25, -0.2) is 0 Å². The number of aromatic hydroxyl groups is 2. The smallest absolute Gasteiger partial charge is 0.294 e. The second-order valence-electron chi connectivity index (χ2n) is 3.89. The van der Waals surface area contributed by atoms with E-state index in [1.165, 1.54) is 30.5 Å². The van der Waals surface area contributed by atoms with Gasteiger partial charge in [-0.2, -0.15) is 5.10 Å². The van der Waals surface area contributed by atoms with Gasteiger partial charge in [0.25, 0.3) is 5.69 Å². The molecule has 7 nitrogen and oxygen atoms in total. The zero-order valence-corrected chi connectivity index (χ0v) is 10.2. The van der Waals surface area contributed by atoms with E-state index in [-0.39, 0.29) is 22.9 Å². The molecule has 20 heavy (non-hydrogen) atoms. The standard InChI is InChI=1S/C13H11N3O4/c17-12-6-5-9(7-13(12)18)8-14-15-10-3-1-2-4-11(10)16(19)20/h1-8,15,17-18H/b14-8-. The number of benzene rings is 2. The summed E-state index contributed by atoms with van der Waals surface area (Å²) in [4.78, 5) is 10.3. The first-order chi connectivity index (χ1) is 9.58. The Balaban J connectivity index is 2.14. The van der Waals surface area contributed by atoms with Crippen LogP contribution < -0.4 is 5.43 Å². The van der Waals surface area contributed by atoms with E-state index in [0.29, 0.717) is 5.56 Å². The van der Waals surface area contributed by atoms with Gasteiger partial charge in [0.1, 0.15) is 5.69 Å². The summed E-state index contributed by atoms with van der Waals surface area (Å²) in [6.45, 7) is 0. The van der Waals surface area contributed by atoms with Crippen LogP contribution in [-0.4, -0.2) is 21.4 Å². The van der Waals surface area contributed by atoms with Crippen LogP contribution in [0.15, 0.2) is 47.6 Å². The van der Waals surface area contributed by atoms with Crippen molar-refractivity contribution in [2.75, 3.05) is 5.43 Å². The predicted octanol–water partition coefficient (Wildman–Crippen LogP) is 2.45. The van der Waals surface area contributed by atoms with Gasteiger partial charge in [0.15, 0.2) is 11.5 Å². The Kier molecular flexibility index (Phi) is 3.80. The molecule has 2 aromatic rings. The van der Waals surface area contributed by atoms with Crippen LogP contribution >= 0.6 is 0 Å². The quantitative estimate of drug-likeness (QED) is 0.343. The summed E-state index contributed by atoms with van der Waals surface area (Å²) in [5.74, 6) is -0.492. The van der Waals surface area contributed by atoms with Crippen LogP contribution in [0.3, 0.4) is 0 Å². The monoisotopic (exact) mass is 273 g/mol. The molecule has 0 bridgehead atoms. The first kappa shape index (κ1) is 13.3. The summed E-state index contributed by atoms with van der Waals surface area (Å²) in [5, 5.41) is 33.1. The van der Waals surface area contributed by atoms with Gasteiger partial charge in [-0.15, -0.1) is 0 Å². The van der Waals surface area contributed by atoms with Crippen LogP contribution in [0.2, 0.25) is 0 Å². The third-order valence-electron chi connectivity index (χ3n) is 2.50. The molecule has 0 fully saturated rings. The fourth-order valence-electron chi connectivity index (χ4n) is 1.52. The van der Waals surface area contributed by atoms with Crippen LogP contribution in [0, 0.1) is 10.1 Å². The molecule has 0 aliphatic rings. The van der Waals surface area contributed by atoms with Crippen LogP contribution in [0.4, 0.5) is 11.4 Å². The maximum absolute atomic E-state index is 10.8. The molecule has 0 unspecified atom stereocenters. The zero-order chi connectivity index (χ0) is 14.5. The fourth-order valence-corrected chi connectivity index (χ4v) is 1.52. The molecule has 0 saturated heterocycles. The van der Waals surface area contributed by atoms with Crippen molar-refractivity contribution in [3.63, 3.8) is 0 Å². The van der Waals surface area contributed by atoms with E-state index in [4.69, 9.17) is 5.11 Å². The maximum Gasteiger partial charge on any atom is 0.294 e.